The Hall–Kier alpha value is -2.74. The quantitative estimate of drug-likeness (QED) is 0.614. The van der Waals surface area contributed by atoms with Crippen LogP contribution in [0, 0.1) is 0 Å². The van der Waals surface area contributed by atoms with E-state index >= 15 is 0 Å². The molecule has 0 bridgehead atoms. The third-order valence-corrected chi connectivity index (χ3v) is 2.73. The van der Waals surface area contributed by atoms with Crippen LogP contribution in [0.5, 0.6) is 5.75 Å². The summed E-state index contributed by atoms with van der Waals surface area (Å²) in [5, 5.41) is 11.9. The van der Waals surface area contributed by atoms with Gasteiger partial charge in [-0.25, -0.2) is 4.98 Å². The Kier molecular flexibility index (Phi) is 2.92. The summed E-state index contributed by atoms with van der Waals surface area (Å²) in [5.41, 5.74) is 1.00. The van der Waals surface area contributed by atoms with Crippen LogP contribution in [0.2, 0.25) is 5.15 Å². The minimum absolute atomic E-state index is 0.0166. The number of amides is 1. The van der Waals surface area contributed by atoms with Gasteiger partial charge in [-0.2, -0.15) is 9.97 Å². The van der Waals surface area contributed by atoms with E-state index in [2.05, 4.69) is 30.2 Å². The van der Waals surface area contributed by atoms with Gasteiger partial charge in [0.15, 0.2) is 10.8 Å². The van der Waals surface area contributed by atoms with Gasteiger partial charge in [0, 0.05) is 6.20 Å². The highest BCUT2D eigenvalue weighted by Gasteiger charge is 2.12. The second kappa shape index (κ2) is 4.74. The van der Waals surface area contributed by atoms with Crippen molar-refractivity contribution in [3.05, 3.63) is 35.5 Å². The molecule has 100 valence electrons. The minimum Gasteiger partial charge on any atom is -0.506 e. The molecule has 8 nitrogen and oxygen atoms in total. The zero-order valence-electron chi connectivity index (χ0n) is 9.83. The predicted molar refractivity (Wildman–Crippen MR) is 70.5 cm³/mol. The number of hydrogen-bond donors (Lipinski definition) is 3. The van der Waals surface area contributed by atoms with E-state index in [-0.39, 0.29) is 22.4 Å². The topological polar surface area (TPSA) is 117 Å². The number of fused-ring (bicyclic) bond motifs is 1. The van der Waals surface area contributed by atoms with Gasteiger partial charge in [0.1, 0.15) is 11.3 Å². The fourth-order valence-corrected chi connectivity index (χ4v) is 1.80. The molecule has 0 aliphatic heterocycles. The molecule has 3 rings (SSSR count). The van der Waals surface area contributed by atoms with E-state index in [1.54, 1.807) is 0 Å². The number of aromatic nitrogens is 5. The van der Waals surface area contributed by atoms with Crippen molar-refractivity contribution < 1.29 is 9.90 Å². The molecular formula is C11H7ClN6O2. The molecule has 3 aromatic heterocycles. The van der Waals surface area contributed by atoms with Crippen LogP contribution in [-0.2, 0) is 0 Å². The molecule has 0 unspecified atom stereocenters. The second-order valence-corrected chi connectivity index (χ2v) is 4.18. The van der Waals surface area contributed by atoms with Gasteiger partial charge >= 0.3 is 0 Å². The fraction of sp³-hybridized carbons (Fsp3) is 0. The zero-order chi connectivity index (χ0) is 14.1. The fourth-order valence-electron chi connectivity index (χ4n) is 1.58. The van der Waals surface area contributed by atoms with Crippen molar-refractivity contribution in [2.24, 2.45) is 0 Å². The third-order valence-electron chi connectivity index (χ3n) is 2.45. The Morgan fingerprint density at radius 3 is 3.00 bits per heavy atom. The molecule has 0 aliphatic rings. The van der Waals surface area contributed by atoms with Crippen LogP contribution < -0.4 is 5.32 Å². The first-order chi connectivity index (χ1) is 9.63. The van der Waals surface area contributed by atoms with E-state index in [1.165, 1.54) is 24.8 Å². The highest BCUT2D eigenvalue weighted by Crippen LogP contribution is 2.18. The second-order valence-electron chi connectivity index (χ2n) is 3.83. The summed E-state index contributed by atoms with van der Waals surface area (Å²) in [4.78, 5) is 30.3. The van der Waals surface area contributed by atoms with Crippen molar-refractivity contribution in [1.82, 2.24) is 24.9 Å². The van der Waals surface area contributed by atoms with Crippen LogP contribution in [-0.4, -0.2) is 35.9 Å². The van der Waals surface area contributed by atoms with Gasteiger partial charge in [0.2, 0.25) is 5.95 Å². The molecule has 0 radical (unpaired) electrons. The molecule has 3 aromatic rings. The van der Waals surface area contributed by atoms with Crippen molar-refractivity contribution in [2.75, 3.05) is 5.32 Å². The van der Waals surface area contributed by atoms with Crippen LogP contribution >= 0.6 is 11.6 Å². The maximum atomic E-state index is 11.9. The van der Waals surface area contributed by atoms with Gasteiger partial charge in [-0.3, -0.25) is 15.1 Å². The number of aromatic hydroxyl groups is 1. The van der Waals surface area contributed by atoms with Gasteiger partial charge in [0.05, 0.1) is 18.1 Å². The van der Waals surface area contributed by atoms with E-state index in [0.29, 0.717) is 11.2 Å². The number of nitrogens with one attached hydrogen (secondary N) is 2. The number of imidazole rings is 1. The summed E-state index contributed by atoms with van der Waals surface area (Å²) in [6.45, 7) is 0. The zero-order valence-corrected chi connectivity index (χ0v) is 10.6. The standard InChI is InChI=1S/C11H7ClN6O2/c12-8-7-9(15-4-14-7)17-11(16-8)18-10(20)5-1-6(19)3-13-2-5/h1-4,19H,(H2,14,15,16,17,18,20). The summed E-state index contributed by atoms with van der Waals surface area (Å²) in [6.07, 6.45) is 3.96. The van der Waals surface area contributed by atoms with Crippen molar-refractivity contribution in [2.45, 2.75) is 0 Å². The normalized spacial score (nSPS) is 10.7. The Balaban J connectivity index is 1.91. The molecule has 1 amide bonds. The molecule has 9 heteroatoms. The summed E-state index contributed by atoms with van der Waals surface area (Å²) in [5.74, 6) is -0.610. The summed E-state index contributed by atoms with van der Waals surface area (Å²) < 4.78 is 0. The molecule has 3 heterocycles. The lowest BCUT2D eigenvalue weighted by atomic mass is 10.2. The van der Waals surface area contributed by atoms with E-state index in [4.69, 9.17) is 11.6 Å². The first-order valence-corrected chi connectivity index (χ1v) is 5.83. The van der Waals surface area contributed by atoms with Gasteiger partial charge in [-0.15, -0.1) is 0 Å². The van der Waals surface area contributed by atoms with Gasteiger partial charge in [-0.05, 0) is 6.07 Å². The molecule has 0 fully saturated rings. The molecule has 3 N–H and O–H groups in total. The predicted octanol–water partition coefficient (Wildman–Crippen LogP) is 1.36. The Labute approximate surface area is 116 Å². The monoisotopic (exact) mass is 290 g/mol. The van der Waals surface area contributed by atoms with E-state index in [9.17, 15) is 9.90 Å². The Bertz CT molecular complexity index is 802. The lowest BCUT2D eigenvalue weighted by molar-refractivity contribution is 0.102. The van der Waals surface area contributed by atoms with Crippen LogP contribution in [0.4, 0.5) is 5.95 Å². The number of anilines is 1. The third kappa shape index (κ3) is 2.24. The molecule has 20 heavy (non-hydrogen) atoms. The summed E-state index contributed by atoms with van der Waals surface area (Å²) in [6, 6.07) is 1.27. The summed E-state index contributed by atoms with van der Waals surface area (Å²) >= 11 is 5.93. The number of nitrogens with zero attached hydrogens (tertiary/aromatic N) is 4. The van der Waals surface area contributed by atoms with E-state index < -0.39 is 5.91 Å². The van der Waals surface area contributed by atoms with Crippen molar-refractivity contribution >= 4 is 34.6 Å². The first kappa shape index (κ1) is 12.3. The van der Waals surface area contributed by atoms with E-state index in [0.717, 1.165) is 0 Å². The van der Waals surface area contributed by atoms with Gasteiger partial charge in [-0.1, -0.05) is 11.6 Å². The number of carbonyl (C=O) groups excluding carboxylic acids is 1. The number of carbonyl (C=O) groups is 1. The molecule has 0 saturated carbocycles. The number of H-pyrrole nitrogens is 1. The van der Waals surface area contributed by atoms with Gasteiger partial charge < -0.3 is 10.1 Å². The number of halogens is 1. The molecule has 0 atom stereocenters. The van der Waals surface area contributed by atoms with Crippen molar-refractivity contribution in [3.63, 3.8) is 0 Å². The number of rotatable bonds is 2. The maximum Gasteiger partial charge on any atom is 0.259 e. The van der Waals surface area contributed by atoms with Crippen LogP contribution in [0.25, 0.3) is 11.2 Å². The van der Waals surface area contributed by atoms with Crippen LogP contribution in [0.1, 0.15) is 10.4 Å². The van der Waals surface area contributed by atoms with Crippen molar-refractivity contribution in [1.29, 1.82) is 0 Å². The summed E-state index contributed by atoms with van der Waals surface area (Å²) in [7, 11) is 0. The molecule has 0 spiro atoms. The number of aromatic amines is 1. The van der Waals surface area contributed by atoms with Crippen molar-refractivity contribution in [3.8, 4) is 5.75 Å². The average Bonchev–Trinajstić information content (AvgIpc) is 2.87. The largest absolute Gasteiger partial charge is 0.506 e. The lowest BCUT2D eigenvalue weighted by Crippen LogP contribution is -2.14. The molecular weight excluding hydrogens is 284 g/mol. The Morgan fingerprint density at radius 2 is 2.20 bits per heavy atom. The highest BCUT2D eigenvalue weighted by molar-refractivity contribution is 6.33. The number of hydrogen-bond acceptors (Lipinski definition) is 6. The Morgan fingerprint density at radius 1 is 1.35 bits per heavy atom. The average molecular weight is 291 g/mol. The minimum atomic E-state index is -0.514. The maximum absolute atomic E-state index is 11.9. The first-order valence-electron chi connectivity index (χ1n) is 5.45. The lowest BCUT2D eigenvalue weighted by Gasteiger charge is -2.04. The van der Waals surface area contributed by atoms with Crippen LogP contribution in [0.15, 0.2) is 24.8 Å². The van der Waals surface area contributed by atoms with Crippen LogP contribution in [0.3, 0.4) is 0 Å². The molecule has 0 aromatic carbocycles. The smallest absolute Gasteiger partial charge is 0.259 e. The molecule has 0 saturated heterocycles. The number of pyridine rings is 1. The molecule has 0 aliphatic carbocycles. The SMILES string of the molecule is O=C(Nc1nc(Cl)c2[nH]cnc2n1)c1cncc(O)c1. The van der Waals surface area contributed by atoms with Gasteiger partial charge in [0.25, 0.3) is 5.91 Å². The highest BCUT2D eigenvalue weighted by atomic mass is 35.5. The van der Waals surface area contributed by atoms with E-state index in [1.807, 2.05) is 0 Å².